The fourth-order valence-corrected chi connectivity index (χ4v) is 1.64. The third-order valence-electron chi connectivity index (χ3n) is 2.58. The first-order valence-electron chi connectivity index (χ1n) is 5.89. The summed E-state index contributed by atoms with van der Waals surface area (Å²) in [6.45, 7) is 0. The summed E-state index contributed by atoms with van der Waals surface area (Å²) in [4.78, 5) is 0. The number of anilines is 2. The zero-order valence-corrected chi connectivity index (χ0v) is 11.0. The van der Waals surface area contributed by atoms with Gasteiger partial charge in [0, 0.05) is 0 Å². The number of nitrogens with zero attached hydrogens (tertiary/aromatic N) is 11. The standard InChI is InChI=1S/C7H2F3N13O/c8-7(9,10)4-14-16-6-17-15-5(18-23(4)6)11-2-1(19-24-20-2)3-12-21-22-13-3/h(H,11,18,20)(H,12,13,21,22). The quantitative estimate of drug-likeness (QED) is 0.477. The molecule has 0 amide bonds. The van der Waals surface area contributed by atoms with Gasteiger partial charge in [0.15, 0.2) is 0 Å². The van der Waals surface area contributed by atoms with Crippen LogP contribution in [0.25, 0.3) is 17.3 Å². The Hall–Kier alpha value is -3.79. The van der Waals surface area contributed by atoms with Crippen LogP contribution in [-0.4, -0.2) is 60.9 Å². The lowest BCUT2D eigenvalue weighted by Gasteiger charge is -2.03. The van der Waals surface area contributed by atoms with E-state index < -0.39 is 17.8 Å². The summed E-state index contributed by atoms with van der Waals surface area (Å²) in [6.07, 6.45) is -4.77. The van der Waals surface area contributed by atoms with Gasteiger partial charge in [0.2, 0.25) is 17.3 Å². The largest absolute Gasteiger partial charge is 0.453 e. The van der Waals surface area contributed by atoms with E-state index in [1.807, 2.05) is 0 Å². The Labute approximate surface area is 126 Å². The number of tetrazole rings is 1. The summed E-state index contributed by atoms with van der Waals surface area (Å²) in [7, 11) is 0. The predicted molar refractivity (Wildman–Crippen MR) is 62.1 cm³/mol. The molecule has 0 aliphatic heterocycles. The highest BCUT2D eigenvalue weighted by Crippen LogP contribution is 2.27. The van der Waals surface area contributed by atoms with Crippen molar-refractivity contribution in [3.8, 4) is 11.5 Å². The molecule has 122 valence electrons. The Balaban J connectivity index is 1.72. The van der Waals surface area contributed by atoms with Crippen molar-refractivity contribution in [1.29, 1.82) is 0 Å². The van der Waals surface area contributed by atoms with E-state index in [0.717, 1.165) is 0 Å². The van der Waals surface area contributed by atoms with Crippen molar-refractivity contribution in [2.75, 3.05) is 5.32 Å². The molecule has 0 fully saturated rings. The molecule has 4 rings (SSSR count). The lowest BCUT2D eigenvalue weighted by molar-refractivity contribution is -0.146. The van der Waals surface area contributed by atoms with Gasteiger partial charge in [-0.25, -0.2) is 4.63 Å². The Morgan fingerprint density at radius 1 is 1.04 bits per heavy atom. The fraction of sp³-hybridized carbons (Fsp3) is 0.143. The molecule has 17 heteroatoms. The molecule has 0 aliphatic rings. The molecule has 0 aliphatic carbocycles. The second kappa shape index (κ2) is 4.86. The van der Waals surface area contributed by atoms with Gasteiger partial charge in [-0.05, 0) is 15.5 Å². The maximum Gasteiger partial charge on any atom is 0.453 e. The minimum Gasteiger partial charge on any atom is -0.301 e. The van der Waals surface area contributed by atoms with Crippen LogP contribution in [0.4, 0.5) is 24.9 Å². The highest BCUT2D eigenvalue weighted by Gasteiger charge is 2.38. The van der Waals surface area contributed by atoms with Gasteiger partial charge in [-0.2, -0.15) is 22.9 Å². The van der Waals surface area contributed by atoms with E-state index >= 15 is 0 Å². The molecule has 24 heavy (non-hydrogen) atoms. The number of halogens is 3. The van der Waals surface area contributed by atoms with Crippen molar-refractivity contribution < 1.29 is 17.8 Å². The number of rotatable bonds is 3. The average Bonchev–Trinajstić information content (AvgIpc) is 3.26. The summed E-state index contributed by atoms with van der Waals surface area (Å²) in [5.74, 6) is -2.14. The monoisotopic (exact) mass is 341 g/mol. The molecule has 0 aromatic carbocycles. The van der Waals surface area contributed by atoms with Crippen LogP contribution in [0, 0.1) is 0 Å². The molecule has 4 aromatic rings. The number of nitrogens with one attached hydrogen (secondary N) is 2. The van der Waals surface area contributed by atoms with Crippen LogP contribution >= 0.6 is 0 Å². The van der Waals surface area contributed by atoms with Crippen molar-refractivity contribution in [1.82, 2.24) is 60.9 Å². The number of aromatic amines is 1. The van der Waals surface area contributed by atoms with E-state index in [1.165, 1.54) is 0 Å². The van der Waals surface area contributed by atoms with Gasteiger partial charge in [0.25, 0.3) is 17.6 Å². The molecule has 0 bridgehead atoms. The zero-order chi connectivity index (χ0) is 16.7. The third kappa shape index (κ3) is 2.23. The molecule has 14 nitrogen and oxygen atoms in total. The maximum atomic E-state index is 12.8. The van der Waals surface area contributed by atoms with Crippen LogP contribution in [-0.2, 0) is 6.18 Å². The van der Waals surface area contributed by atoms with Crippen LogP contribution in [0.2, 0.25) is 0 Å². The Morgan fingerprint density at radius 3 is 2.62 bits per heavy atom. The van der Waals surface area contributed by atoms with Crippen LogP contribution in [0.3, 0.4) is 0 Å². The first-order chi connectivity index (χ1) is 11.5. The minimum atomic E-state index is -4.77. The van der Waals surface area contributed by atoms with Crippen LogP contribution in [0.15, 0.2) is 4.63 Å². The molecular formula is C7H2F3N13O. The van der Waals surface area contributed by atoms with Gasteiger partial charge >= 0.3 is 6.18 Å². The zero-order valence-electron chi connectivity index (χ0n) is 11.0. The van der Waals surface area contributed by atoms with E-state index in [4.69, 9.17) is 0 Å². The molecule has 0 saturated heterocycles. The van der Waals surface area contributed by atoms with Gasteiger partial charge < -0.3 is 5.32 Å². The second-order valence-electron chi connectivity index (χ2n) is 4.08. The van der Waals surface area contributed by atoms with E-state index in [2.05, 4.69) is 66.4 Å². The SMILES string of the molecule is FC(F)(F)c1nnc2nnc(Nc3nonc3-c3nn[nH]n3)nn12. The Morgan fingerprint density at radius 2 is 1.88 bits per heavy atom. The highest BCUT2D eigenvalue weighted by molar-refractivity contribution is 5.67. The lowest BCUT2D eigenvalue weighted by Crippen LogP contribution is -2.14. The van der Waals surface area contributed by atoms with Gasteiger partial charge in [0.1, 0.15) is 0 Å². The van der Waals surface area contributed by atoms with Crippen molar-refractivity contribution >= 4 is 17.5 Å². The van der Waals surface area contributed by atoms with Gasteiger partial charge in [-0.1, -0.05) is 0 Å². The van der Waals surface area contributed by atoms with Crippen molar-refractivity contribution in [2.45, 2.75) is 6.18 Å². The van der Waals surface area contributed by atoms with Crippen LogP contribution < -0.4 is 5.32 Å². The average molecular weight is 341 g/mol. The molecule has 0 spiro atoms. The van der Waals surface area contributed by atoms with Gasteiger partial charge in [-0.3, -0.25) is 0 Å². The highest BCUT2D eigenvalue weighted by atomic mass is 19.4. The number of alkyl halides is 3. The Kier molecular flexibility index (Phi) is 2.80. The minimum absolute atomic E-state index is 0.0345. The van der Waals surface area contributed by atoms with Crippen molar-refractivity contribution in [3.05, 3.63) is 5.82 Å². The van der Waals surface area contributed by atoms with Gasteiger partial charge in [-0.15, -0.1) is 35.7 Å². The van der Waals surface area contributed by atoms with Crippen LogP contribution in [0.1, 0.15) is 5.82 Å². The van der Waals surface area contributed by atoms with E-state index in [9.17, 15) is 13.2 Å². The number of hydrogen-bond donors (Lipinski definition) is 2. The molecule has 0 unspecified atom stereocenters. The van der Waals surface area contributed by atoms with E-state index in [0.29, 0.717) is 4.52 Å². The number of fused-ring (bicyclic) bond motifs is 1. The first-order valence-corrected chi connectivity index (χ1v) is 5.89. The van der Waals surface area contributed by atoms with Gasteiger partial charge in [0.05, 0.1) is 0 Å². The van der Waals surface area contributed by atoms with Crippen molar-refractivity contribution in [2.24, 2.45) is 0 Å². The fourth-order valence-electron chi connectivity index (χ4n) is 1.64. The topological polar surface area (TPSA) is 174 Å². The van der Waals surface area contributed by atoms with E-state index in [1.54, 1.807) is 0 Å². The predicted octanol–water partition coefficient (Wildman–Crippen LogP) is -0.760. The number of hydrogen-bond acceptors (Lipinski definition) is 12. The summed E-state index contributed by atoms with van der Waals surface area (Å²) >= 11 is 0. The second-order valence-corrected chi connectivity index (χ2v) is 4.08. The summed E-state index contributed by atoms with van der Waals surface area (Å²) in [5, 5.41) is 39.3. The smallest absolute Gasteiger partial charge is 0.301 e. The number of H-pyrrole nitrogens is 1. The van der Waals surface area contributed by atoms with E-state index in [-0.39, 0.29) is 23.3 Å². The van der Waals surface area contributed by atoms with Crippen molar-refractivity contribution in [3.63, 3.8) is 0 Å². The summed E-state index contributed by atoms with van der Waals surface area (Å²) in [5.41, 5.74) is 0.0345. The summed E-state index contributed by atoms with van der Waals surface area (Å²) < 4.78 is 43.3. The summed E-state index contributed by atoms with van der Waals surface area (Å²) in [6, 6.07) is 0. The Bertz CT molecular complexity index is 987. The molecular weight excluding hydrogens is 339 g/mol. The molecule has 2 N–H and O–H groups in total. The molecule has 0 saturated carbocycles. The molecule has 0 radical (unpaired) electrons. The maximum absolute atomic E-state index is 12.8. The third-order valence-corrected chi connectivity index (χ3v) is 2.58. The first kappa shape index (κ1) is 13.8. The number of aromatic nitrogens is 12. The van der Waals surface area contributed by atoms with Crippen LogP contribution in [0.5, 0.6) is 0 Å². The molecule has 4 aromatic heterocycles. The lowest BCUT2D eigenvalue weighted by atomic mass is 10.4. The molecule has 0 atom stereocenters. The molecule has 4 heterocycles. The normalized spacial score (nSPS) is 12.0.